The summed E-state index contributed by atoms with van der Waals surface area (Å²) < 4.78 is 0.909. The van der Waals surface area contributed by atoms with Gasteiger partial charge in [0.15, 0.2) is 0 Å². The number of anilines is 1. The van der Waals surface area contributed by atoms with Crippen LogP contribution in [0.1, 0.15) is 0 Å². The van der Waals surface area contributed by atoms with Crippen LogP contribution in [0.4, 0.5) is 22.7 Å². The summed E-state index contributed by atoms with van der Waals surface area (Å²) in [5, 5.41) is 19.1. The third-order valence-electron chi connectivity index (χ3n) is 3.81. The minimum absolute atomic E-state index is 0.0739. The van der Waals surface area contributed by atoms with Crippen molar-refractivity contribution in [2.24, 2.45) is 10.2 Å². The second kappa shape index (κ2) is 8.25. The zero-order valence-electron chi connectivity index (χ0n) is 15.4. The highest BCUT2D eigenvalue weighted by Gasteiger charge is 2.10. The van der Waals surface area contributed by atoms with Gasteiger partial charge in [0.25, 0.3) is 5.69 Å². The van der Waals surface area contributed by atoms with Crippen molar-refractivity contribution in [3.05, 3.63) is 57.6 Å². The first kappa shape index (κ1) is 19.8. The third-order valence-corrected chi connectivity index (χ3v) is 4.11. The monoisotopic (exact) mass is 376 g/mol. The van der Waals surface area contributed by atoms with E-state index in [0.717, 1.165) is 23.3 Å². The van der Waals surface area contributed by atoms with Crippen molar-refractivity contribution >= 4 is 34.4 Å². The van der Waals surface area contributed by atoms with Gasteiger partial charge in [-0.1, -0.05) is 11.6 Å². The topological polar surface area (TPSA) is 71.1 Å². The number of nitro benzene ring substituents is 1. The minimum Gasteiger partial charge on any atom is -0.369 e. The Kier molecular flexibility index (Phi) is 6.28. The molecule has 0 aliphatic carbocycles. The molecule has 0 fully saturated rings. The number of halogens is 1. The van der Waals surface area contributed by atoms with E-state index in [0.29, 0.717) is 11.4 Å². The molecular weight excluding hydrogens is 354 g/mol. The molecule has 0 aromatic heterocycles. The zero-order chi connectivity index (χ0) is 19.3. The van der Waals surface area contributed by atoms with Gasteiger partial charge in [0.2, 0.25) is 0 Å². The molecule has 2 aromatic rings. The molecule has 0 aliphatic rings. The number of hydrogen-bond acceptors (Lipinski definition) is 5. The van der Waals surface area contributed by atoms with Crippen molar-refractivity contribution < 1.29 is 9.41 Å². The Bertz CT molecular complexity index is 800. The van der Waals surface area contributed by atoms with Gasteiger partial charge in [0.1, 0.15) is 5.69 Å². The van der Waals surface area contributed by atoms with Crippen LogP contribution in [0.3, 0.4) is 0 Å². The first-order valence-corrected chi connectivity index (χ1v) is 8.51. The van der Waals surface area contributed by atoms with Crippen LogP contribution in [0.5, 0.6) is 0 Å². The lowest BCUT2D eigenvalue weighted by atomic mass is 10.2. The van der Waals surface area contributed by atoms with Gasteiger partial charge in [-0.15, -0.1) is 5.11 Å². The first-order valence-electron chi connectivity index (χ1n) is 8.13. The third kappa shape index (κ3) is 5.79. The fourth-order valence-electron chi connectivity index (χ4n) is 2.15. The number of likely N-dealkylation sites (N-methyl/N-ethyl adjacent to an activating group) is 2. The number of quaternary nitrogens is 1. The van der Waals surface area contributed by atoms with Gasteiger partial charge in [-0.25, -0.2) is 0 Å². The lowest BCUT2D eigenvalue weighted by Crippen LogP contribution is -2.41. The molecular formula is C18H23ClN5O2+. The smallest absolute Gasteiger partial charge is 0.271 e. The Balaban J connectivity index is 2.05. The molecule has 0 saturated heterocycles. The molecule has 0 bridgehead atoms. The number of non-ortho nitro benzene ring substituents is 1. The molecule has 0 aliphatic heterocycles. The van der Waals surface area contributed by atoms with Crippen molar-refractivity contribution in [1.29, 1.82) is 0 Å². The fourth-order valence-corrected chi connectivity index (χ4v) is 2.37. The van der Waals surface area contributed by atoms with Gasteiger partial charge < -0.3 is 9.38 Å². The molecule has 0 atom stereocenters. The van der Waals surface area contributed by atoms with Crippen LogP contribution >= 0.6 is 11.6 Å². The molecule has 0 radical (unpaired) electrons. The summed E-state index contributed by atoms with van der Waals surface area (Å²) in [5.41, 5.74) is 2.10. The highest BCUT2D eigenvalue weighted by Crippen LogP contribution is 2.30. The predicted octanol–water partition coefficient (Wildman–Crippen LogP) is 4.81. The summed E-state index contributed by atoms with van der Waals surface area (Å²) in [7, 11) is 8.56. The summed E-state index contributed by atoms with van der Waals surface area (Å²) in [6.07, 6.45) is 0. The van der Waals surface area contributed by atoms with Crippen LogP contribution < -0.4 is 4.90 Å². The van der Waals surface area contributed by atoms with Gasteiger partial charge in [0.05, 0.1) is 49.9 Å². The Hall–Kier alpha value is -2.51. The summed E-state index contributed by atoms with van der Waals surface area (Å²) in [4.78, 5) is 12.4. The Morgan fingerprint density at radius 3 is 2.31 bits per heavy atom. The predicted molar refractivity (Wildman–Crippen MR) is 105 cm³/mol. The molecule has 0 saturated carbocycles. The normalized spacial score (nSPS) is 11.7. The lowest BCUT2D eigenvalue weighted by Gasteiger charge is -2.28. The summed E-state index contributed by atoms with van der Waals surface area (Å²) in [6.45, 7) is 1.99. The van der Waals surface area contributed by atoms with E-state index in [1.807, 2.05) is 24.3 Å². The molecule has 7 nitrogen and oxygen atoms in total. The number of nitrogens with zero attached hydrogens (tertiary/aromatic N) is 5. The molecule has 0 N–H and O–H groups in total. The van der Waals surface area contributed by atoms with Crippen LogP contribution in [0.25, 0.3) is 0 Å². The molecule has 0 amide bonds. The molecule has 0 spiro atoms. The number of benzene rings is 2. The van der Waals surface area contributed by atoms with Crippen LogP contribution in [0, 0.1) is 10.1 Å². The average Bonchev–Trinajstić information content (AvgIpc) is 2.58. The molecule has 2 aromatic carbocycles. The Morgan fingerprint density at radius 2 is 1.77 bits per heavy atom. The first-order chi connectivity index (χ1) is 12.2. The molecule has 0 heterocycles. The van der Waals surface area contributed by atoms with E-state index in [1.165, 1.54) is 18.2 Å². The van der Waals surface area contributed by atoms with Gasteiger partial charge in [-0.3, -0.25) is 10.1 Å². The van der Waals surface area contributed by atoms with Gasteiger partial charge in [0, 0.05) is 24.9 Å². The van der Waals surface area contributed by atoms with Gasteiger partial charge >= 0.3 is 0 Å². The second-order valence-electron chi connectivity index (χ2n) is 7.04. The van der Waals surface area contributed by atoms with Gasteiger partial charge in [-0.2, -0.15) is 5.11 Å². The maximum atomic E-state index is 10.7. The molecule has 138 valence electrons. The molecule has 2 rings (SSSR count). The second-order valence-corrected chi connectivity index (χ2v) is 7.45. The van der Waals surface area contributed by atoms with Crippen LogP contribution in [0.2, 0.25) is 5.02 Å². The highest BCUT2D eigenvalue weighted by atomic mass is 35.5. The maximum Gasteiger partial charge on any atom is 0.271 e. The van der Waals surface area contributed by atoms with E-state index in [-0.39, 0.29) is 10.7 Å². The van der Waals surface area contributed by atoms with Crippen molar-refractivity contribution in [3.63, 3.8) is 0 Å². The molecule has 26 heavy (non-hydrogen) atoms. The minimum atomic E-state index is -0.499. The van der Waals surface area contributed by atoms with Crippen LogP contribution in [0.15, 0.2) is 52.7 Å². The number of nitro groups is 1. The van der Waals surface area contributed by atoms with Crippen LogP contribution in [-0.4, -0.2) is 50.7 Å². The largest absolute Gasteiger partial charge is 0.369 e. The number of hydrogen-bond donors (Lipinski definition) is 0. The van der Waals surface area contributed by atoms with E-state index in [2.05, 4.69) is 43.3 Å². The number of rotatable bonds is 7. The van der Waals surface area contributed by atoms with E-state index >= 15 is 0 Å². The Morgan fingerprint density at radius 1 is 1.12 bits per heavy atom. The Labute approximate surface area is 158 Å². The quantitative estimate of drug-likeness (QED) is 0.301. The van der Waals surface area contributed by atoms with Crippen molar-refractivity contribution in [3.8, 4) is 0 Å². The van der Waals surface area contributed by atoms with Crippen molar-refractivity contribution in [2.45, 2.75) is 0 Å². The highest BCUT2D eigenvalue weighted by molar-refractivity contribution is 6.33. The van der Waals surface area contributed by atoms with E-state index < -0.39 is 4.92 Å². The van der Waals surface area contributed by atoms with E-state index in [9.17, 15) is 10.1 Å². The van der Waals surface area contributed by atoms with Crippen LogP contribution in [-0.2, 0) is 0 Å². The van der Waals surface area contributed by atoms with Crippen molar-refractivity contribution in [1.82, 2.24) is 0 Å². The van der Waals surface area contributed by atoms with Crippen molar-refractivity contribution in [2.75, 3.05) is 46.2 Å². The average molecular weight is 377 g/mol. The number of azo groups is 1. The SMILES string of the molecule is CN(CC[N+](C)(C)C)c1ccc(N=Nc2ccc([N+](=O)[O-])cc2Cl)cc1. The standard InChI is InChI=1S/C18H23ClN5O2/c1-22(11-12-24(2,3)4)15-7-5-14(6-8-15)20-21-18-10-9-16(23(25)26)13-17(18)19/h5-10,13H,11-12H2,1-4H3/q+1. The molecule has 0 unspecified atom stereocenters. The van der Waals surface area contributed by atoms with E-state index in [1.54, 1.807) is 0 Å². The van der Waals surface area contributed by atoms with Gasteiger partial charge in [-0.05, 0) is 30.3 Å². The zero-order valence-corrected chi connectivity index (χ0v) is 16.1. The lowest BCUT2D eigenvalue weighted by molar-refractivity contribution is -0.868. The van der Waals surface area contributed by atoms with E-state index in [4.69, 9.17) is 11.6 Å². The summed E-state index contributed by atoms with van der Waals surface area (Å²) in [5.74, 6) is 0. The maximum absolute atomic E-state index is 10.7. The fraction of sp³-hybridized carbons (Fsp3) is 0.333. The molecule has 8 heteroatoms. The summed E-state index contributed by atoms with van der Waals surface area (Å²) in [6, 6.07) is 11.8. The summed E-state index contributed by atoms with van der Waals surface area (Å²) >= 11 is 6.01.